The predicted molar refractivity (Wildman–Crippen MR) is 282 cm³/mol. The normalized spacial score (nSPS) is 10.9. The maximum Gasteiger partial charge on any atom is 1.00 e. The van der Waals surface area contributed by atoms with Crippen molar-refractivity contribution in [3.05, 3.63) is 122 Å². The van der Waals surface area contributed by atoms with Crippen molar-refractivity contribution in [1.82, 2.24) is 78.1 Å². The van der Waals surface area contributed by atoms with Crippen LogP contribution in [0.2, 0.25) is 26.0 Å². The summed E-state index contributed by atoms with van der Waals surface area (Å²) < 4.78 is 49.1. The van der Waals surface area contributed by atoms with Crippen LogP contribution >= 0.6 is 80.6 Å². The van der Waals surface area contributed by atoms with E-state index in [0.29, 0.717) is 55.1 Å². The van der Waals surface area contributed by atoms with Crippen LogP contribution in [-0.2, 0) is 0 Å². The Bertz CT molecular complexity index is 3390. The summed E-state index contributed by atoms with van der Waals surface area (Å²) >= 11 is 30.6. The third-order valence-corrected chi connectivity index (χ3v) is 11.6. The molecule has 10 aromatic heterocycles. The minimum Gasteiger partial charge on any atom is -1.00 e. The molecule has 0 bridgehead atoms. The van der Waals surface area contributed by atoms with E-state index in [0.717, 1.165) is 9.22 Å². The van der Waals surface area contributed by atoms with Crippen molar-refractivity contribution in [1.29, 1.82) is 0 Å². The number of pyridine rings is 4. The molecule has 30 heteroatoms. The molecule has 10 aromatic rings. The molecule has 384 valence electrons. The Morgan fingerprint density at radius 2 is 0.878 bits per heavy atom. The van der Waals surface area contributed by atoms with E-state index in [9.17, 15) is 13.2 Å². The van der Waals surface area contributed by atoms with Gasteiger partial charge < -0.3 is 33.0 Å². The van der Waals surface area contributed by atoms with Crippen LogP contribution in [0.15, 0.2) is 74.1 Å². The van der Waals surface area contributed by atoms with E-state index < -0.39 is 25.0 Å². The number of imidazole rings is 4. The first kappa shape index (κ1) is 63.1. The van der Waals surface area contributed by atoms with E-state index in [4.69, 9.17) is 68.1 Å². The van der Waals surface area contributed by atoms with Crippen LogP contribution in [0.1, 0.15) is 79.6 Å². The average molecular weight is 1350 g/mol. The second-order valence-electron chi connectivity index (χ2n) is 16.3. The first-order valence-corrected chi connectivity index (χ1v) is 24.4. The first-order valence-electron chi connectivity index (χ1n) is 21.5. The Kier molecular flexibility index (Phi) is 24.1. The minimum atomic E-state index is -1.78. The number of rotatable bonds is 6. The molecule has 0 spiro atoms. The molecule has 0 fully saturated rings. The first-order chi connectivity index (χ1) is 34.0. The molecule has 0 saturated carbocycles. The Morgan fingerprint density at radius 1 is 0.486 bits per heavy atom. The van der Waals surface area contributed by atoms with Crippen LogP contribution < -0.4 is 79.2 Å². The SMILES string of the molecule is CC(C)n1cnc2c(Cl)nc(Cl)cc21.CC(C)n1cnc2c(F)nc(-c3ccnc(Cl)n3)cc21.CC(C)n1cnc2c(F)nc(B(O)O)cc21.CC(C)n1cnc2c(F)nc(Cl)cc21.Clc1nccc(I)n1.[Cs+].[F-]. The van der Waals surface area contributed by atoms with E-state index in [2.05, 4.69) is 96.2 Å². The van der Waals surface area contributed by atoms with E-state index in [-0.39, 0.29) is 124 Å². The Hall–Kier alpha value is -3.42. The predicted octanol–water partition coefficient (Wildman–Crippen LogP) is 4.96. The molecule has 0 aliphatic carbocycles. The standard InChI is InChI=1S/C13H11ClFN5.C9H11BFN3O2.C9H9Cl2N3.C9H9ClFN3.C4H2ClIN2.Cs.FH/c1-7(2)20-6-17-11-10(20)5-9(18-12(11)15)8-3-4-16-13(14)19-8;1-5(2)14-4-12-8-6(14)3-7(10(15)16)13-9(8)11;2*1-5(2)14-4-12-8-6(14)3-7(10)13-9(8)11;5-4-7-2-1-3(6)8-4;;/h3-7H,1-2H3;3-5,15-16H,1-2H3;2*3-5H,1-2H3;1-2H;;1H/q;;;;;+1;/p-1. The average Bonchev–Trinajstić information content (AvgIpc) is 4.12. The van der Waals surface area contributed by atoms with Crippen molar-refractivity contribution >= 4 is 137 Å². The molecule has 0 aliphatic heterocycles. The second-order valence-corrected chi connectivity index (χ2v) is 19.2. The molecule has 10 rings (SSSR count). The molecule has 0 aromatic carbocycles. The van der Waals surface area contributed by atoms with Gasteiger partial charge in [0.05, 0.1) is 64.4 Å². The molecule has 18 nitrogen and oxygen atoms in total. The second kappa shape index (κ2) is 28.3. The fourth-order valence-electron chi connectivity index (χ4n) is 6.63. The van der Waals surface area contributed by atoms with Crippen LogP contribution in [0, 0.1) is 21.5 Å². The molecular formula is C44H42BCl5CsF4IN16O2. The zero-order valence-electron chi connectivity index (χ0n) is 40.6. The van der Waals surface area contributed by atoms with E-state index in [1.807, 2.05) is 55.2 Å². The van der Waals surface area contributed by atoms with Gasteiger partial charge in [-0.25, -0.2) is 59.8 Å². The molecule has 0 amide bonds. The molecule has 0 radical (unpaired) electrons. The number of fused-ring (bicyclic) bond motifs is 4. The summed E-state index contributed by atoms with van der Waals surface area (Å²) in [5.74, 6) is -2.03. The zero-order valence-corrected chi connectivity index (χ0v) is 52.9. The summed E-state index contributed by atoms with van der Waals surface area (Å²) in [5.41, 5.74) is 4.90. The van der Waals surface area contributed by atoms with Crippen molar-refractivity contribution in [2.75, 3.05) is 0 Å². The van der Waals surface area contributed by atoms with Crippen LogP contribution in [0.5, 0.6) is 0 Å². The number of hydrogen-bond acceptors (Lipinski definition) is 14. The van der Waals surface area contributed by atoms with Crippen LogP contribution in [-0.4, -0.2) is 95.2 Å². The molecule has 10 heterocycles. The smallest absolute Gasteiger partial charge is 1.00 e. The minimum absolute atomic E-state index is 0. The Labute approximate surface area is 518 Å². The summed E-state index contributed by atoms with van der Waals surface area (Å²) in [6.07, 6.45) is 9.59. The summed E-state index contributed by atoms with van der Waals surface area (Å²) in [6.45, 7) is 16.0. The molecule has 0 saturated heterocycles. The van der Waals surface area contributed by atoms with Gasteiger partial charge in [0.2, 0.25) is 28.4 Å². The van der Waals surface area contributed by atoms with E-state index in [1.54, 1.807) is 60.1 Å². The van der Waals surface area contributed by atoms with E-state index >= 15 is 0 Å². The number of nitrogens with zero attached hydrogens (tertiary/aromatic N) is 16. The van der Waals surface area contributed by atoms with Crippen molar-refractivity contribution in [2.45, 2.75) is 79.6 Å². The number of hydrogen-bond donors (Lipinski definition) is 2. The van der Waals surface area contributed by atoms with Gasteiger partial charge in [-0.1, -0.05) is 34.8 Å². The fourth-order valence-corrected chi connectivity index (χ4v) is 8.11. The monoisotopic (exact) mass is 1350 g/mol. The summed E-state index contributed by atoms with van der Waals surface area (Å²) in [6, 6.07) is 10.8. The van der Waals surface area contributed by atoms with Gasteiger partial charge in [-0.2, -0.15) is 13.2 Å². The number of aromatic nitrogens is 16. The molecule has 0 atom stereocenters. The van der Waals surface area contributed by atoms with Gasteiger partial charge in [0.15, 0.2) is 5.15 Å². The third kappa shape index (κ3) is 15.8. The molecular weight excluding hydrogens is 1310 g/mol. The van der Waals surface area contributed by atoms with Gasteiger partial charge in [0.25, 0.3) is 0 Å². The van der Waals surface area contributed by atoms with Crippen LogP contribution in [0.4, 0.5) is 13.2 Å². The topological polar surface area (TPSA) is 215 Å². The largest absolute Gasteiger partial charge is 1.00 e. The molecule has 0 aliphatic rings. The quantitative estimate of drug-likeness (QED) is 0.0563. The van der Waals surface area contributed by atoms with E-state index in [1.165, 1.54) is 18.6 Å². The van der Waals surface area contributed by atoms with Gasteiger partial charge in [0.1, 0.15) is 36.1 Å². The van der Waals surface area contributed by atoms with Crippen molar-refractivity contribution in [2.24, 2.45) is 0 Å². The van der Waals surface area contributed by atoms with Gasteiger partial charge in [0, 0.05) is 48.7 Å². The maximum absolute atomic E-state index is 14.0. The Morgan fingerprint density at radius 3 is 1.31 bits per heavy atom. The number of halogens is 10. The zero-order chi connectivity index (χ0) is 52.7. The van der Waals surface area contributed by atoms with Gasteiger partial charge in [-0.3, -0.25) is 0 Å². The van der Waals surface area contributed by atoms with Crippen LogP contribution in [0.25, 0.3) is 55.5 Å². The van der Waals surface area contributed by atoms with Crippen LogP contribution in [0.3, 0.4) is 0 Å². The molecule has 2 N–H and O–H groups in total. The molecule has 0 unspecified atom stereocenters. The van der Waals surface area contributed by atoms with Gasteiger partial charge in [-0.15, -0.1) is 0 Å². The van der Waals surface area contributed by atoms with Gasteiger partial charge >= 0.3 is 76.0 Å². The van der Waals surface area contributed by atoms with Crippen molar-refractivity contribution < 1.29 is 96.8 Å². The van der Waals surface area contributed by atoms with Gasteiger partial charge in [-0.05, 0) is 125 Å². The fraction of sp³-hybridized carbons (Fsp3) is 0.273. The summed E-state index contributed by atoms with van der Waals surface area (Å²) in [7, 11) is -1.78. The third-order valence-electron chi connectivity index (χ3n) is 10.0. The van der Waals surface area contributed by atoms with Crippen molar-refractivity contribution in [3.63, 3.8) is 0 Å². The van der Waals surface area contributed by atoms with Crippen molar-refractivity contribution in [3.8, 4) is 11.4 Å². The summed E-state index contributed by atoms with van der Waals surface area (Å²) in [5, 5.41) is 19.2. The maximum atomic E-state index is 14.0. The molecule has 74 heavy (non-hydrogen) atoms. The Balaban J connectivity index is 0.000000204. The summed E-state index contributed by atoms with van der Waals surface area (Å²) in [4.78, 5) is 46.2.